The number of carbonyl (C=O) groups is 3. The Kier molecular flexibility index (Phi) is 6.67. The van der Waals surface area contributed by atoms with Crippen molar-refractivity contribution in [3.05, 3.63) is 97.1 Å². The summed E-state index contributed by atoms with van der Waals surface area (Å²) in [5, 5.41) is 3.97. The van der Waals surface area contributed by atoms with Crippen molar-refractivity contribution in [1.29, 1.82) is 0 Å². The average Bonchev–Trinajstić information content (AvgIpc) is 3.62. The van der Waals surface area contributed by atoms with Crippen LogP contribution in [0, 0.1) is 5.92 Å². The van der Waals surface area contributed by atoms with E-state index in [0.717, 1.165) is 51.1 Å². The molecule has 1 N–H and O–H groups in total. The molecule has 2 aromatic heterocycles. The molecule has 2 aliphatic rings. The maximum absolute atomic E-state index is 13.8. The molecule has 0 bridgehead atoms. The Morgan fingerprint density at radius 2 is 1.73 bits per heavy atom. The minimum atomic E-state index is -4.65. The molecule has 2 aromatic carbocycles. The number of carbonyl (C=O) groups excluding carboxylic acids is 3. The van der Waals surface area contributed by atoms with Crippen LogP contribution >= 0.6 is 34.4 Å². The number of hydrogen-bond donors (Lipinski definition) is 1. The zero-order valence-electron chi connectivity index (χ0n) is 20.3. The molecule has 13 heteroatoms. The molecule has 0 saturated carbocycles. The third kappa shape index (κ3) is 4.57. The first-order valence-electron chi connectivity index (χ1n) is 12.0. The van der Waals surface area contributed by atoms with Crippen molar-refractivity contribution in [1.82, 2.24) is 4.57 Å². The molecule has 4 heterocycles. The minimum absolute atomic E-state index is 0.160. The van der Waals surface area contributed by atoms with Crippen molar-refractivity contribution in [3.63, 3.8) is 0 Å². The van der Waals surface area contributed by atoms with E-state index in [1.165, 1.54) is 22.0 Å². The van der Waals surface area contributed by atoms with Gasteiger partial charge >= 0.3 is 11.0 Å². The van der Waals surface area contributed by atoms with Gasteiger partial charge in [0.05, 0.1) is 22.2 Å². The van der Waals surface area contributed by atoms with Gasteiger partial charge in [-0.05, 0) is 41.8 Å². The van der Waals surface area contributed by atoms with Gasteiger partial charge in [-0.25, -0.2) is 4.90 Å². The number of anilines is 2. The number of thioether (sulfide) groups is 1. The molecule has 4 aromatic rings. The van der Waals surface area contributed by atoms with E-state index in [2.05, 4.69) is 5.32 Å². The minimum Gasteiger partial charge on any atom is -0.325 e. The lowest BCUT2D eigenvalue weighted by Gasteiger charge is -2.29. The topological polar surface area (TPSA) is 88.5 Å². The second kappa shape index (κ2) is 10.1. The summed E-state index contributed by atoms with van der Waals surface area (Å²) >= 11 is 3.27. The number of para-hydroxylation sites is 1. The lowest BCUT2D eigenvalue weighted by Crippen LogP contribution is -2.32. The number of nitrogens with one attached hydrogen (secondary N) is 1. The van der Waals surface area contributed by atoms with E-state index in [1.54, 1.807) is 42.5 Å². The first kappa shape index (κ1) is 26.5. The number of benzene rings is 2. The summed E-state index contributed by atoms with van der Waals surface area (Å²) in [4.78, 5) is 55.1. The van der Waals surface area contributed by atoms with Crippen molar-refractivity contribution in [2.45, 2.75) is 28.9 Å². The fourth-order valence-corrected chi connectivity index (χ4v) is 8.69. The molecule has 3 unspecified atom stereocenters. The van der Waals surface area contributed by atoms with Crippen LogP contribution in [0.4, 0.5) is 24.5 Å². The van der Waals surface area contributed by atoms with Crippen molar-refractivity contribution >= 4 is 63.5 Å². The Morgan fingerprint density at radius 3 is 2.42 bits per heavy atom. The number of aromatic nitrogens is 1. The van der Waals surface area contributed by atoms with Gasteiger partial charge in [0.25, 0.3) is 0 Å². The Labute approximate surface area is 237 Å². The summed E-state index contributed by atoms with van der Waals surface area (Å²) < 4.78 is 41.5. The van der Waals surface area contributed by atoms with Crippen LogP contribution in [0.1, 0.15) is 21.2 Å². The quantitative estimate of drug-likeness (QED) is 0.309. The van der Waals surface area contributed by atoms with E-state index in [-0.39, 0.29) is 12.2 Å². The first-order valence-corrected chi connectivity index (χ1v) is 14.5. The largest absolute Gasteiger partial charge is 0.416 e. The summed E-state index contributed by atoms with van der Waals surface area (Å²) in [6.07, 6.45) is -4.65. The zero-order valence-corrected chi connectivity index (χ0v) is 22.7. The summed E-state index contributed by atoms with van der Waals surface area (Å²) in [6.45, 7) is -0.305. The van der Waals surface area contributed by atoms with Gasteiger partial charge in [0.1, 0.15) is 11.8 Å². The predicted molar refractivity (Wildman–Crippen MR) is 147 cm³/mol. The zero-order chi connectivity index (χ0) is 28.2. The Balaban J connectivity index is 1.39. The highest BCUT2D eigenvalue weighted by Gasteiger charge is 2.57. The molecule has 1 fully saturated rings. The van der Waals surface area contributed by atoms with Crippen LogP contribution in [0.2, 0.25) is 0 Å². The molecule has 3 atom stereocenters. The lowest BCUT2D eigenvalue weighted by atomic mass is 9.87. The van der Waals surface area contributed by atoms with Gasteiger partial charge in [-0.2, -0.15) is 13.2 Å². The summed E-state index contributed by atoms with van der Waals surface area (Å²) in [7, 11) is 0. The molecule has 0 aliphatic carbocycles. The van der Waals surface area contributed by atoms with E-state index >= 15 is 0 Å². The van der Waals surface area contributed by atoms with Gasteiger partial charge in [-0.3, -0.25) is 23.7 Å². The van der Waals surface area contributed by atoms with Gasteiger partial charge in [0.15, 0.2) is 0 Å². The molecule has 204 valence electrons. The van der Waals surface area contributed by atoms with E-state index in [0.29, 0.717) is 15.6 Å². The van der Waals surface area contributed by atoms with Crippen LogP contribution in [0.15, 0.2) is 81.9 Å². The smallest absolute Gasteiger partial charge is 0.325 e. The van der Waals surface area contributed by atoms with Gasteiger partial charge in [0, 0.05) is 21.4 Å². The van der Waals surface area contributed by atoms with Gasteiger partial charge < -0.3 is 5.32 Å². The molecule has 1 saturated heterocycles. The Morgan fingerprint density at radius 1 is 0.950 bits per heavy atom. The molecule has 2 aliphatic heterocycles. The summed E-state index contributed by atoms with van der Waals surface area (Å²) in [6, 6.07) is 16.4. The van der Waals surface area contributed by atoms with Gasteiger partial charge in [0.2, 0.25) is 17.7 Å². The average molecular weight is 602 g/mol. The Hall–Kier alpha value is -3.68. The molecule has 40 heavy (non-hydrogen) atoms. The van der Waals surface area contributed by atoms with Crippen molar-refractivity contribution in [2.75, 3.05) is 10.2 Å². The predicted octanol–water partition coefficient (Wildman–Crippen LogP) is 5.42. The van der Waals surface area contributed by atoms with Crippen LogP contribution in [0.25, 0.3) is 0 Å². The van der Waals surface area contributed by atoms with Crippen molar-refractivity contribution in [3.8, 4) is 0 Å². The first-order chi connectivity index (χ1) is 19.1. The molecule has 3 amide bonds. The number of thiazole rings is 1. The lowest BCUT2D eigenvalue weighted by molar-refractivity contribution is -0.137. The van der Waals surface area contributed by atoms with E-state index in [1.807, 2.05) is 5.38 Å². The molecule has 0 spiro atoms. The number of imide groups is 1. The van der Waals surface area contributed by atoms with Crippen LogP contribution < -0.4 is 15.1 Å². The molecule has 0 radical (unpaired) electrons. The van der Waals surface area contributed by atoms with Crippen LogP contribution in [0.3, 0.4) is 0 Å². The van der Waals surface area contributed by atoms with Gasteiger partial charge in [-0.15, -0.1) is 11.3 Å². The molecule has 6 rings (SSSR count). The van der Waals surface area contributed by atoms with E-state index in [4.69, 9.17) is 0 Å². The number of thiophene rings is 1. The number of halogens is 3. The fraction of sp³-hybridized carbons (Fsp3) is 0.185. The molecular formula is C27H18F3N3O4S3. The Bertz CT molecular complexity index is 1680. The van der Waals surface area contributed by atoms with Crippen molar-refractivity contribution in [2.24, 2.45) is 5.92 Å². The standard InChI is InChI=1S/C27H18F3N3O4S3/c28-27(29,30)14-6-4-9-16(12-14)33-23(35)20-19(17-10-5-11-38-17)22-25(39-21(20)24(33)36)32(26(37)40-22)13-18(34)31-15-7-2-1-3-8-15/h1-12,19-21H,13H2,(H,31,34). The van der Waals surface area contributed by atoms with Crippen LogP contribution in [-0.2, 0) is 27.1 Å². The number of amides is 3. The maximum Gasteiger partial charge on any atom is 0.416 e. The number of rotatable bonds is 5. The van der Waals surface area contributed by atoms with E-state index < -0.39 is 51.4 Å². The second-order valence-electron chi connectivity index (χ2n) is 9.16. The highest BCUT2D eigenvalue weighted by atomic mass is 32.2. The monoisotopic (exact) mass is 601 g/mol. The fourth-order valence-electron chi connectivity index (χ4n) is 4.97. The number of alkyl halides is 3. The third-order valence-electron chi connectivity index (χ3n) is 6.69. The van der Waals surface area contributed by atoms with E-state index in [9.17, 15) is 32.3 Å². The van der Waals surface area contributed by atoms with Gasteiger partial charge in [-0.1, -0.05) is 53.4 Å². The normalized spacial score (nSPS) is 20.4. The van der Waals surface area contributed by atoms with Crippen LogP contribution in [0.5, 0.6) is 0 Å². The number of nitrogens with zero attached hydrogens (tertiary/aromatic N) is 2. The summed E-state index contributed by atoms with van der Waals surface area (Å²) in [5.41, 5.74) is -0.574. The number of fused-ring (bicyclic) bond motifs is 2. The highest BCUT2D eigenvalue weighted by molar-refractivity contribution is 8.00. The second-order valence-corrected chi connectivity index (χ2v) is 12.3. The van der Waals surface area contributed by atoms with Crippen LogP contribution in [-0.4, -0.2) is 27.5 Å². The number of hydrogen-bond acceptors (Lipinski definition) is 7. The van der Waals surface area contributed by atoms with Crippen molar-refractivity contribution < 1.29 is 27.6 Å². The summed E-state index contributed by atoms with van der Waals surface area (Å²) in [5.74, 6) is -3.32. The molecule has 7 nitrogen and oxygen atoms in total. The highest BCUT2D eigenvalue weighted by Crippen LogP contribution is 2.54. The molecular weight excluding hydrogens is 584 g/mol. The maximum atomic E-state index is 13.8. The third-order valence-corrected chi connectivity index (χ3v) is 10.2. The SMILES string of the molecule is O=C(Cn1c2c(sc1=O)C(c1cccs1)C1C(=O)N(c3cccc(C(F)(F)F)c3)C(=O)C1S2)Nc1ccccc1.